The molecule has 1 aromatic carbocycles. The monoisotopic (exact) mass is 295 g/mol. The summed E-state index contributed by atoms with van der Waals surface area (Å²) in [6.07, 6.45) is 5.27. The van der Waals surface area contributed by atoms with Crippen LogP contribution in [0.5, 0.6) is 5.75 Å². The summed E-state index contributed by atoms with van der Waals surface area (Å²) in [5, 5.41) is 3.56. The van der Waals surface area contributed by atoms with Gasteiger partial charge in [0.1, 0.15) is 5.75 Å². The van der Waals surface area contributed by atoms with Gasteiger partial charge in [-0.1, -0.05) is 22.4 Å². The molecular formula is C14H18BrNO. The molecule has 0 bridgehead atoms. The van der Waals surface area contributed by atoms with Gasteiger partial charge in [-0.3, -0.25) is 0 Å². The Morgan fingerprint density at radius 1 is 1.35 bits per heavy atom. The van der Waals surface area contributed by atoms with Gasteiger partial charge in [-0.05, 0) is 43.0 Å². The van der Waals surface area contributed by atoms with E-state index in [4.69, 9.17) is 4.74 Å². The molecule has 1 aromatic rings. The van der Waals surface area contributed by atoms with Crippen molar-refractivity contribution in [3.8, 4) is 5.75 Å². The Balaban J connectivity index is 1.65. The predicted molar refractivity (Wildman–Crippen MR) is 72.4 cm³/mol. The molecule has 1 heterocycles. The topological polar surface area (TPSA) is 21.3 Å². The van der Waals surface area contributed by atoms with E-state index in [1.165, 1.54) is 34.9 Å². The van der Waals surface area contributed by atoms with E-state index in [0.717, 1.165) is 37.8 Å². The zero-order valence-electron chi connectivity index (χ0n) is 9.97. The van der Waals surface area contributed by atoms with Crippen LogP contribution >= 0.6 is 15.9 Å². The van der Waals surface area contributed by atoms with E-state index >= 15 is 0 Å². The zero-order valence-corrected chi connectivity index (χ0v) is 11.6. The second kappa shape index (κ2) is 4.99. The quantitative estimate of drug-likeness (QED) is 0.920. The van der Waals surface area contributed by atoms with Crippen LogP contribution in [-0.4, -0.2) is 13.2 Å². The molecule has 3 rings (SSSR count). The normalized spacial score (nSPS) is 18.6. The van der Waals surface area contributed by atoms with E-state index in [2.05, 4.69) is 33.4 Å². The SMILES string of the molecule is Brc1cc2c(c(CNCC3CCC3)c1)OCC2. The highest BCUT2D eigenvalue weighted by atomic mass is 79.9. The molecule has 1 saturated carbocycles. The van der Waals surface area contributed by atoms with E-state index < -0.39 is 0 Å². The minimum atomic E-state index is 0.835. The second-order valence-electron chi connectivity index (χ2n) is 5.08. The fourth-order valence-corrected chi connectivity index (χ4v) is 3.14. The Morgan fingerprint density at radius 3 is 3.00 bits per heavy atom. The number of hydrogen-bond donors (Lipinski definition) is 1. The number of benzene rings is 1. The van der Waals surface area contributed by atoms with Crippen molar-refractivity contribution in [3.05, 3.63) is 27.7 Å². The number of nitrogens with one attached hydrogen (secondary N) is 1. The largest absolute Gasteiger partial charge is 0.493 e. The third-order valence-electron chi connectivity index (χ3n) is 3.80. The van der Waals surface area contributed by atoms with Crippen LogP contribution in [0.25, 0.3) is 0 Å². The Hall–Kier alpha value is -0.540. The average Bonchev–Trinajstić information content (AvgIpc) is 2.69. The Kier molecular flexibility index (Phi) is 3.39. The predicted octanol–water partition coefficient (Wildman–Crippen LogP) is 3.27. The van der Waals surface area contributed by atoms with Crippen LogP contribution in [0.1, 0.15) is 30.4 Å². The van der Waals surface area contributed by atoms with Crippen LogP contribution in [-0.2, 0) is 13.0 Å². The Labute approximate surface area is 111 Å². The Bertz CT molecular complexity index is 415. The lowest BCUT2D eigenvalue weighted by molar-refractivity contribution is 0.300. The molecule has 17 heavy (non-hydrogen) atoms. The van der Waals surface area contributed by atoms with Crippen LogP contribution < -0.4 is 10.1 Å². The molecule has 0 aromatic heterocycles. The van der Waals surface area contributed by atoms with Gasteiger partial charge in [0.2, 0.25) is 0 Å². The molecular weight excluding hydrogens is 278 g/mol. The summed E-state index contributed by atoms with van der Waals surface area (Å²) in [5.74, 6) is 2.03. The van der Waals surface area contributed by atoms with E-state index in [1.54, 1.807) is 0 Å². The zero-order chi connectivity index (χ0) is 11.7. The average molecular weight is 296 g/mol. The van der Waals surface area contributed by atoms with Crippen molar-refractivity contribution >= 4 is 15.9 Å². The van der Waals surface area contributed by atoms with E-state index in [9.17, 15) is 0 Å². The van der Waals surface area contributed by atoms with Crippen LogP contribution in [0.15, 0.2) is 16.6 Å². The van der Waals surface area contributed by atoms with Crippen molar-refractivity contribution in [2.45, 2.75) is 32.2 Å². The molecule has 1 fully saturated rings. The molecule has 1 N–H and O–H groups in total. The number of hydrogen-bond acceptors (Lipinski definition) is 2. The molecule has 0 amide bonds. The smallest absolute Gasteiger partial charge is 0.127 e. The van der Waals surface area contributed by atoms with Gasteiger partial charge >= 0.3 is 0 Å². The molecule has 2 nitrogen and oxygen atoms in total. The van der Waals surface area contributed by atoms with Crippen molar-refractivity contribution in [2.75, 3.05) is 13.2 Å². The van der Waals surface area contributed by atoms with Gasteiger partial charge in [0.25, 0.3) is 0 Å². The molecule has 92 valence electrons. The number of ether oxygens (including phenoxy) is 1. The van der Waals surface area contributed by atoms with Crippen molar-refractivity contribution in [2.24, 2.45) is 5.92 Å². The maximum atomic E-state index is 5.72. The fraction of sp³-hybridized carbons (Fsp3) is 0.571. The highest BCUT2D eigenvalue weighted by molar-refractivity contribution is 9.10. The summed E-state index contributed by atoms with van der Waals surface area (Å²) in [4.78, 5) is 0. The first-order chi connectivity index (χ1) is 8.33. The summed E-state index contributed by atoms with van der Waals surface area (Å²) in [7, 11) is 0. The summed E-state index contributed by atoms with van der Waals surface area (Å²) in [6.45, 7) is 2.92. The maximum absolute atomic E-state index is 5.72. The standard InChI is InChI=1S/C14H18BrNO/c15-13-6-11-4-5-17-14(11)12(7-13)9-16-8-10-2-1-3-10/h6-7,10,16H,1-5,8-9H2. The van der Waals surface area contributed by atoms with Gasteiger partial charge < -0.3 is 10.1 Å². The minimum Gasteiger partial charge on any atom is -0.493 e. The van der Waals surface area contributed by atoms with Gasteiger partial charge in [0.15, 0.2) is 0 Å². The molecule has 1 aliphatic carbocycles. The van der Waals surface area contributed by atoms with Gasteiger partial charge in [-0.15, -0.1) is 0 Å². The molecule has 0 saturated heterocycles. The fourth-order valence-electron chi connectivity index (χ4n) is 2.59. The summed E-state index contributed by atoms with van der Waals surface area (Å²) < 4.78 is 6.89. The van der Waals surface area contributed by atoms with Crippen LogP contribution in [0.4, 0.5) is 0 Å². The molecule has 3 heteroatoms. The number of halogens is 1. The first-order valence-electron chi connectivity index (χ1n) is 6.48. The van der Waals surface area contributed by atoms with E-state index in [1.807, 2.05) is 0 Å². The van der Waals surface area contributed by atoms with Gasteiger partial charge in [-0.25, -0.2) is 0 Å². The van der Waals surface area contributed by atoms with Gasteiger partial charge in [-0.2, -0.15) is 0 Å². The minimum absolute atomic E-state index is 0.835. The highest BCUT2D eigenvalue weighted by Crippen LogP contribution is 2.33. The van der Waals surface area contributed by atoms with Gasteiger partial charge in [0, 0.05) is 23.0 Å². The van der Waals surface area contributed by atoms with E-state index in [0.29, 0.717) is 0 Å². The number of fused-ring (bicyclic) bond motifs is 1. The first kappa shape index (κ1) is 11.5. The first-order valence-corrected chi connectivity index (χ1v) is 7.27. The molecule has 0 spiro atoms. The van der Waals surface area contributed by atoms with Crippen molar-refractivity contribution in [1.29, 1.82) is 0 Å². The maximum Gasteiger partial charge on any atom is 0.127 e. The third kappa shape index (κ3) is 2.50. The number of rotatable bonds is 4. The lowest BCUT2D eigenvalue weighted by Crippen LogP contribution is -2.27. The molecule has 0 radical (unpaired) electrons. The molecule has 1 aliphatic heterocycles. The van der Waals surface area contributed by atoms with E-state index in [-0.39, 0.29) is 0 Å². The van der Waals surface area contributed by atoms with Crippen molar-refractivity contribution < 1.29 is 4.74 Å². The highest BCUT2D eigenvalue weighted by Gasteiger charge is 2.19. The van der Waals surface area contributed by atoms with Crippen LogP contribution in [0, 0.1) is 5.92 Å². The van der Waals surface area contributed by atoms with Crippen molar-refractivity contribution in [3.63, 3.8) is 0 Å². The molecule has 2 aliphatic rings. The lowest BCUT2D eigenvalue weighted by atomic mass is 9.85. The third-order valence-corrected chi connectivity index (χ3v) is 4.26. The van der Waals surface area contributed by atoms with Gasteiger partial charge in [0.05, 0.1) is 6.61 Å². The van der Waals surface area contributed by atoms with Crippen molar-refractivity contribution in [1.82, 2.24) is 5.32 Å². The lowest BCUT2D eigenvalue weighted by Gasteiger charge is -2.25. The second-order valence-corrected chi connectivity index (χ2v) is 6.00. The molecule has 0 unspecified atom stereocenters. The molecule has 0 atom stereocenters. The van der Waals surface area contributed by atoms with Crippen LogP contribution in [0.3, 0.4) is 0 Å². The van der Waals surface area contributed by atoms with Crippen LogP contribution in [0.2, 0.25) is 0 Å². The summed E-state index contributed by atoms with van der Waals surface area (Å²) in [6, 6.07) is 4.36. The summed E-state index contributed by atoms with van der Waals surface area (Å²) >= 11 is 3.58. The summed E-state index contributed by atoms with van der Waals surface area (Å²) in [5.41, 5.74) is 2.64. The Morgan fingerprint density at radius 2 is 2.24 bits per heavy atom.